The van der Waals surface area contributed by atoms with E-state index in [1.54, 1.807) is 4.90 Å². The van der Waals surface area contributed by atoms with Crippen molar-refractivity contribution in [3.8, 4) is 0 Å². The molecule has 1 rings (SSSR count). The molecule has 5 nitrogen and oxygen atoms in total. The van der Waals surface area contributed by atoms with Crippen molar-refractivity contribution in [3.05, 3.63) is 6.33 Å². The predicted octanol–water partition coefficient (Wildman–Crippen LogP) is -0.445. The third-order valence-corrected chi connectivity index (χ3v) is 1.64. The van der Waals surface area contributed by atoms with E-state index in [2.05, 4.69) is 10.1 Å². The molecule has 0 unspecified atom stereocenters. The molecule has 0 saturated carbocycles. The highest BCUT2D eigenvalue weighted by Crippen LogP contribution is 1.92. The number of nitrogens with two attached hydrogens (primary N) is 1. The van der Waals surface area contributed by atoms with Gasteiger partial charge in [0.05, 0.1) is 0 Å². The molecule has 0 aromatic carbocycles. The summed E-state index contributed by atoms with van der Waals surface area (Å²) in [5.41, 5.74) is 5.30. The fourth-order valence-electron chi connectivity index (χ4n) is 0.573. The average Bonchev–Trinajstić information content (AvgIpc) is 2.34. The molecule has 0 saturated heterocycles. The van der Waals surface area contributed by atoms with Crippen LogP contribution in [0.1, 0.15) is 0 Å². The average molecular weight is 171 g/mol. The summed E-state index contributed by atoms with van der Waals surface area (Å²) in [4.78, 5) is 5.49. The lowest BCUT2D eigenvalue weighted by Crippen LogP contribution is -2.27. The molecule has 0 bridgehead atoms. The Morgan fingerprint density at radius 2 is 2.36 bits per heavy atom. The van der Waals surface area contributed by atoms with Gasteiger partial charge in [0, 0.05) is 14.1 Å². The fourth-order valence-corrected chi connectivity index (χ4v) is 0.661. The Morgan fingerprint density at radius 1 is 1.73 bits per heavy atom. The number of hydrogen-bond donors (Lipinski definition) is 1. The van der Waals surface area contributed by atoms with Gasteiger partial charge in [-0.3, -0.25) is 0 Å². The molecular weight excluding hydrogens is 162 g/mol. The van der Waals surface area contributed by atoms with Crippen LogP contribution in [0.15, 0.2) is 6.33 Å². The SMILES string of the molecule is CN(C)C(=S)n1cnc(N)n1. The normalized spacial score (nSPS) is 9.64. The number of hydrogen-bond acceptors (Lipinski definition) is 4. The third kappa shape index (κ3) is 1.64. The van der Waals surface area contributed by atoms with Crippen molar-refractivity contribution in [2.75, 3.05) is 19.8 Å². The van der Waals surface area contributed by atoms with Gasteiger partial charge in [0.25, 0.3) is 0 Å². The molecule has 0 amide bonds. The maximum Gasteiger partial charge on any atom is 0.239 e. The van der Waals surface area contributed by atoms with Gasteiger partial charge in [-0.1, -0.05) is 0 Å². The molecule has 0 atom stereocenters. The van der Waals surface area contributed by atoms with Gasteiger partial charge < -0.3 is 10.6 Å². The Kier molecular flexibility index (Phi) is 2.04. The lowest BCUT2D eigenvalue weighted by atomic mass is 10.8. The van der Waals surface area contributed by atoms with Crippen molar-refractivity contribution >= 4 is 23.3 Å². The molecule has 1 aromatic rings. The van der Waals surface area contributed by atoms with E-state index >= 15 is 0 Å². The van der Waals surface area contributed by atoms with Crippen LogP contribution in [0.2, 0.25) is 0 Å². The third-order valence-electron chi connectivity index (χ3n) is 1.09. The molecule has 0 aliphatic rings. The van der Waals surface area contributed by atoms with Gasteiger partial charge in [0.1, 0.15) is 6.33 Å². The molecular formula is C5H9N5S. The quantitative estimate of drug-likeness (QED) is 0.536. The number of anilines is 1. The van der Waals surface area contributed by atoms with Gasteiger partial charge in [-0.15, -0.1) is 5.10 Å². The van der Waals surface area contributed by atoms with Crippen LogP contribution < -0.4 is 5.73 Å². The smallest absolute Gasteiger partial charge is 0.239 e. The maximum absolute atomic E-state index is 5.30. The molecule has 0 aliphatic carbocycles. The van der Waals surface area contributed by atoms with Crippen molar-refractivity contribution in [2.45, 2.75) is 0 Å². The monoisotopic (exact) mass is 171 g/mol. The largest absolute Gasteiger partial charge is 0.366 e. The van der Waals surface area contributed by atoms with Crippen LogP contribution in [0.5, 0.6) is 0 Å². The summed E-state index contributed by atoms with van der Waals surface area (Å²) in [6, 6.07) is 0. The highest BCUT2D eigenvalue weighted by atomic mass is 32.1. The Morgan fingerprint density at radius 3 is 2.73 bits per heavy atom. The van der Waals surface area contributed by atoms with Crippen LogP contribution in [0.25, 0.3) is 0 Å². The molecule has 1 heterocycles. The van der Waals surface area contributed by atoms with Crippen LogP contribution in [0, 0.1) is 0 Å². The van der Waals surface area contributed by atoms with E-state index in [1.807, 2.05) is 14.1 Å². The molecule has 0 fully saturated rings. The Bertz CT molecular complexity index is 266. The first-order chi connectivity index (χ1) is 5.11. The maximum atomic E-state index is 5.30. The summed E-state index contributed by atoms with van der Waals surface area (Å²) in [6.07, 6.45) is 1.48. The first kappa shape index (κ1) is 7.93. The van der Waals surface area contributed by atoms with Crippen molar-refractivity contribution in [1.82, 2.24) is 19.7 Å². The van der Waals surface area contributed by atoms with E-state index in [0.29, 0.717) is 5.11 Å². The highest BCUT2D eigenvalue weighted by Gasteiger charge is 2.03. The summed E-state index contributed by atoms with van der Waals surface area (Å²) < 4.78 is 1.45. The molecule has 60 valence electrons. The minimum absolute atomic E-state index is 0.231. The van der Waals surface area contributed by atoms with Gasteiger partial charge in [0.15, 0.2) is 5.11 Å². The van der Waals surface area contributed by atoms with E-state index in [-0.39, 0.29) is 5.95 Å². The number of nitrogens with zero attached hydrogens (tertiary/aromatic N) is 4. The molecule has 11 heavy (non-hydrogen) atoms. The highest BCUT2D eigenvalue weighted by molar-refractivity contribution is 7.80. The zero-order valence-corrected chi connectivity index (χ0v) is 7.17. The molecule has 2 N–H and O–H groups in total. The topological polar surface area (TPSA) is 60.0 Å². The lowest BCUT2D eigenvalue weighted by Gasteiger charge is -2.11. The van der Waals surface area contributed by atoms with E-state index in [0.717, 1.165) is 0 Å². The second-order valence-corrected chi connectivity index (χ2v) is 2.59. The Hall–Kier alpha value is -1.17. The number of rotatable bonds is 0. The molecule has 0 radical (unpaired) electrons. The van der Waals surface area contributed by atoms with Crippen LogP contribution in [-0.4, -0.2) is 38.9 Å². The van der Waals surface area contributed by atoms with Gasteiger partial charge in [-0.25, -0.2) is 4.98 Å². The van der Waals surface area contributed by atoms with Crippen molar-refractivity contribution in [1.29, 1.82) is 0 Å². The summed E-state index contributed by atoms with van der Waals surface area (Å²) in [5, 5.41) is 4.40. The van der Waals surface area contributed by atoms with E-state index in [1.165, 1.54) is 11.0 Å². The summed E-state index contributed by atoms with van der Waals surface area (Å²) >= 11 is 4.99. The van der Waals surface area contributed by atoms with Gasteiger partial charge in [-0.2, -0.15) is 4.68 Å². The first-order valence-corrected chi connectivity index (χ1v) is 3.41. The van der Waals surface area contributed by atoms with Crippen LogP contribution in [0.3, 0.4) is 0 Å². The molecule has 6 heteroatoms. The van der Waals surface area contributed by atoms with Gasteiger partial charge >= 0.3 is 0 Å². The molecule has 1 aromatic heterocycles. The minimum Gasteiger partial charge on any atom is -0.366 e. The number of aromatic nitrogens is 3. The van der Waals surface area contributed by atoms with Crippen LogP contribution in [-0.2, 0) is 0 Å². The lowest BCUT2D eigenvalue weighted by molar-refractivity contribution is 0.598. The second kappa shape index (κ2) is 2.83. The first-order valence-electron chi connectivity index (χ1n) is 3.00. The summed E-state index contributed by atoms with van der Waals surface area (Å²) in [5.74, 6) is 0.231. The number of thiocarbonyl (C=S) groups is 1. The van der Waals surface area contributed by atoms with E-state index in [9.17, 15) is 0 Å². The minimum atomic E-state index is 0.231. The van der Waals surface area contributed by atoms with Crippen LogP contribution >= 0.6 is 12.2 Å². The summed E-state index contributed by atoms with van der Waals surface area (Å²) in [6.45, 7) is 0. The fraction of sp³-hybridized carbons (Fsp3) is 0.400. The molecule has 0 spiro atoms. The van der Waals surface area contributed by atoms with Crippen LogP contribution in [0.4, 0.5) is 5.95 Å². The summed E-state index contributed by atoms with van der Waals surface area (Å²) in [7, 11) is 3.67. The van der Waals surface area contributed by atoms with Gasteiger partial charge in [-0.05, 0) is 12.2 Å². The molecule has 0 aliphatic heterocycles. The standard InChI is InChI=1S/C5H9N5S/c1-9(2)5(11)10-3-7-4(6)8-10/h3H,1-2H3,(H2,6,8). The van der Waals surface area contributed by atoms with Crippen molar-refractivity contribution in [2.24, 2.45) is 0 Å². The number of nitrogen functional groups attached to an aromatic ring is 1. The second-order valence-electron chi connectivity index (χ2n) is 2.22. The van der Waals surface area contributed by atoms with E-state index in [4.69, 9.17) is 18.0 Å². The van der Waals surface area contributed by atoms with E-state index < -0.39 is 0 Å². The van der Waals surface area contributed by atoms with Crippen molar-refractivity contribution in [3.63, 3.8) is 0 Å². The van der Waals surface area contributed by atoms with Gasteiger partial charge in [0.2, 0.25) is 5.95 Å². The predicted molar refractivity (Wildman–Crippen MR) is 46.1 cm³/mol. The zero-order valence-electron chi connectivity index (χ0n) is 6.35. The zero-order chi connectivity index (χ0) is 8.43. The Balaban J connectivity index is 2.85. The van der Waals surface area contributed by atoms with Crippen molar-refractivity contribution < 1.29 is 0 Å². The Labute approximate surface area is 69.8 Å².